The van der Waals surface area contributed by atoms with Gasteiger partial charge in [-0.1, -0.05) is 48.3 Å². The number of halogens is 2. The maximum absolute atomic E-state index is 12.4. The van der Waals surface area contributed by atoms with Crippen molar-refractivity contribution in [1.29, 1.82) is 0 Å². The second-order valence-corrected chi connectivity index (χ2v) is 7.05. The lowest BCUT2D eigenvalue weighted by atomic mass is 10.3. The largest absolute Gasteiger partial charge is 0.491 e. The minimum atomic E-state index is -0.344. The zero-order valence-electron chi connectivity index (χ0n) is 16.2. The summed E-state index contributed by atoms with van der Waals surface area (Å²) < 4.78 is 10.9. The van der Waals surface area contributed by atoms with Gasteiger partial charge in [0.15, 0.2) is 0 Å². The first-order valence-electron chi connectivity index (χ1n) is 9.28. The molecule has 0 saturated carbocycles. The molecular weight excluding hydrogens is 415 g/mol. The zero-order valence-corrected chi connectivity index (χ0v) is 17.7. The molecule has 8 heteroatoms. The molecule has 2 amide bonds. The van der Waals surface area contributed by atoms with Crippen LogP contribution in [-0.2, 0) is 14.3 Å². The number of carbonyl (C=O) groups is 2. The van der Waals surface area contributed by atoms with Crippen molar-refractivity contribution in [3.05, 3.63) is 58.6 Å². The van der Waals surface area contributed by atoms with Gasteiger partial charge in [0.25, 0.3) is 0 Å². The molecule has 0 spiro atoms. The molecule has 0 bridgehead atoms. The molecule has 2 aromatic carbocycles. The third-order valence-electron chi connectivity index (χ3n) is 3.85. The van der Waals surface area contributed by atoms with Crippen LogP contribution < -0.4 is 10.1 Å². The SMILES string of the molecule is CCCN(CC(=O)Nc1ccc(Cl)cc1Cl)C(=O)COCCOc1ccccc1. The molecule has 29 heavy (non-hydrogen) atoms. The number of hydrogen-bond acceptors (Lipinski definition) is 4. The maximum atomic E-state index is 12.4. The molecule has 0 radical (unpaired) electrons. The smallest absolute Gasteiger partial charge is 0.249 e. The monoisotopic (exact) mass is 438 g/mol. The van der Waals surface area contributed by atoms with Crippen LogP contribution >= 0.6 is 23.2 Å². The third-order valence-corrected chi connectivity index (χ3v) is 4.40. The van der Waals surface area contributed by atoms with Crippen LogP contribution in [0.1, 0.15) is 13.3 Å². The van der Waals surface area contributed by atoms with Gasteiger partial charge >= 0.3 is 0 Å². The van der Waals surface area contributed by atoms with E-state index in [1.807, 2.05) is 37.3 Å². The highest BCUT2D eigenvalue weighted by atomic mass is 35.5. The molecule has 0 aliphatic rings. The fraction of sp³-hybridized carbons (Fsp3) is 0.333. The van der Waals surface area contributed by atoms with Gasteiger partial charge in [0, 0.05) is 11.6 Å². The molecule has 6 nitrogen and oxygen atoms in total. The molecule has 0 aromatic heterocycles. The average molecular weight is 439 g/mol. The minimum Gasteiger partial charge on any atom is -0.491 e. The Morgan fingerprint density at radius 2 is 1.83 bits per heavy atom. The lowest BCUT2D eigenvalue weighted by molar-refractivity contribution is -0.139. The number of nitrogens with zero attached hydrogens (tertiary/aromatic N) is 1. The summed E-state index contributed by atoms with van der Waals surface area (Å²) >= 11 is 11.9. The van der Waals surface area contributed by atoms with E-state index in [0.717, 1.165) is 12.2 Å². The van der Waals surface area contributed by atoms with Gasteiger partial charge in [-0.05, 0) is 36.8 Å². The Morgan fingerprint density at radius 1 is 1.07 bits per heavy atom. The molecule has 0 heterocycles. The summed E-state index contributed by atoms with van der Waals surface area (Å²) in [5.41, 5.74) is 0.444. The lowest BCUT2D eigenvalue weighted by Gasteiger charge is -2.21. The second-order valence-electron chi connectivity index (χ2n) is 6.20. The Morgan fingerprint density at radius 3 is 2.52 bits per heavy atom. The number of anilines is 1. The van der Waals surface area contributed by atoms with E-state index in [1.165, 1.54) is 4.90 Å². The minimum absolute atomic E-state index is 0.0878. The molecule has 2 rings (SSSR count). The van der Waals surface area contributed by atoms with Crippen LogP contribution in [-0.4, -0.2) is 49.6 Å². The molecule has 0 fully saturated rings. The lowest BCUT2D eigenvalue weighted by Crippen LogP contribution is -2.40. The molecule has 0 atom stereocenters. The number of rotatable bonds is 11. The Balaban J connectivity index is 1.76. The summed E-state index contributed by atoms with van der Waals surface area (Å²) in [6.45, 7) is 2.78. The molecule has 0 aliphatic heterocycles. The summed E-state index contributed by atoms with van der Waals surface area (Å²) in [7, 11) is 0. The van der Waals surface area contributed by atoms with Crippen molar-refractivity contribution in [2.75, 3.05) is 38.2 Å². The summed E-state index contributed by atoms with van der Waals surface area (Å²) in [5.74, 6) is 0.139. The van der Waals surface area contributed by atoms with Gasteiger partial charge in [0.1, 0.15) is 19.0 Å². The van der Waals surface area contributed by atoms with Crippen LogP contribution in [0.4, 0.5) is 5.69 Å². The van der Waals surface area contributed by atoms with E-state index in [9.17, 15) is 9.59 Å². The Hall–Kier alpha value is -2.28. The van der Waals surface area contributed by atoms with E-state index in [4.69, 9.17) is 32.7 Å². The molecule has 0 unspecified atom stereocenters. The summed E-state index contributed by atoms with van der Waals surface area (Å²) in [5, 5.41) is 3.50. The third kappa shape index (κ3) is 8.31. The van der Waals surface area contributed by atoms with Gasteiger partial charge in [-0.15, -0.1) is 0 Å². The molecule has 0 aliphatic carbocycles. The maximum Gasteiger partial charge on any atom is 0.249 e. The number of amides is 2. The van der Waals surface area contributed by atoms with E-state index in [-0.39, 0.29) is 31.6 Å². The van der Waals surface area contributed by atoms with Gasteiger partial charge < -0.3 is 19.7 Å². The first-order valence-corrected chi connectivity index (χ1v) is 10.0. The van der Waals surface area contributed by atoms with Crippen molar-refractivity contribution >= 4 is 40.7 Å². The van der Waals surface area contributed by atoms with Crippen molar-refractivity contribution in [2.24, 2.45) is 0 Å². The first-order chi connectivity index (χ1) is 14.0. The number of ether oxygens (including phenoxy) is 2. The van der Waals surface area contributed by atoms with E-state index in [0.29, 0.717) is 28.9 Å². The van der Waals surface area contributed by atoms with Gasteiger partial charge in [-0.25, -0.2) is 0 Å². The summed E-state index contributed by atoms with van der Waals surface area (Å²) in [6.07, 6.45) is 0.720. The predicted octanol–water partition coefficient (Wildman–Crippen LogP) is 4.27. The van der Waals surface area contributed by atoms with Crippen LogP contribution in [0.5, 0.6) is 5.75 Å². The molecule has 1 N–H and O–H groups in total. The Labute approximate surface area is 180 Å². The quantitative estimate of drug-likeness (QED) is 0.532. The van der Waals surface area contributed by atoms with E-state index < -0.39 is 0 Å². The fourth-order valence-electron chi connectivity index (χ4n) is 2.50. The van der Waals surface area contributed by atoms with Gasteiger partial charge in [-0.3, -0.25) is 9.59 Å². The number of nitrogens with one attached hydrogen (secondary N) is 1. The Bertz CT molecular complexity index is 803. The number of para-hydroxylation sites is 1. The summed E-state index contributed by atoms with van der Waals surface area (Å²) in [6, 6.07) is 14.1. The number of carbonyl (C=O) groups excluding carboxylic acids is 2. The van der Waals surface area contributed by atoms with Crippen LogP contribution in [0.25, 0.3) is 0 Å². The van der Waals surface area contributed by atoms with Crippen LogP contribution in [0.15, 0.2) is 48.5 Å². The van der Waals surface area contributed by atoms with Gasteiger partial charge in [0.2, 0.25) is 11.8 Å². The van der Waals surface area contributed by atoms with Crippen LogP contribution in [0, 0.1) is 0 Å². The molecular formula is C21H24Cl2N2O4. The Kier molecular flexibility index (Phi) is 9.77. The van der Waals surface area contributed by atoms with Crippen molar-refractivity contribution in [1.82, 2.24) is 4.90 Å². The van der Waals surface area contributed by atoms with Gasteiger partial charge in [0.05, 0.1) is 23.9 Å². The number of benzene rings is 2. The standard InChI is InChI=1S/C21H24Cl2N2O4/c1-2-10-25(14-20(26)24-19-9-8-16(22)13-18(19)23)21(27)15-28-11-12-29-17-6-4-3-5-7-17/h3-9,13H,2,10-12,14-15H2,1H3,(H,24,26). The predicted molar refractivity (Wildman–Crippen MR) is 115 cm³/mol. The van der Waals surface area contributed by atoms with Crippen LogP contribution in [0.3, 0.4) is 0 Å². The first kappa shape index (κ1) is 23.0. The highest BCUT2D eigenvalue weighted by Gasteiger charge is 2.17. The highest BCUT2D eigenvalue weighted by molar-refractivity contribution is 6.36. The average Bonchev–Trinajstić information content (AvgIpc) is 2.70. The van der Waals surface area contributed by atoms with Crippen molar-refractivity contribution in [2.45, 2.75) is 13.3 Å². The molecule has 2 aromatic rings. The second kappa shape index (κ2) is 12.3. The molecule has 0 saturated heterocycles. The number of hydrogen-bond donors (Lipinski definition) is 1. The van der Waals surface area contributed by atoms with Crippen molar-refractivity contribution in [3.8, 4) is 5.75 Å². The van der Waals surface area contributed by atoms with Crippen molar-refractivity contribution < 1.29 is 19.1 Å². The fourth-order valence-corrected chi connectivity index (χ4v) is 2.96. The van der Waals surface area contributed by atoms with Gasteiger partial charge in [-0.2, -0.15) is 0 Å². The van der Waals surface area contributed by atoms with E-state index in [1.54, 1.807) is 18.2 Å². The summed E-state index contributed by atoms with van der Waals surface area (Å²) in [4.78, 5) is 26.2. The normalized spacial score (nSPS) is 10.4. The van der Waals surface area contributed by atoms with Crippen LogP contribution in [0.2, 0.25) is 10.0 Å². The van der Waals surface area contributed by atoms with E-state index >= 15 is 0 Å². The zero-order chi connectivity index (χ0) is 21.1. The highest BCUT2D eigenvalue weighted by Crippen LogP contribution is 2.25. The molecule has 156 valence electrons. The topological polar surface area (TPSA) is 67.9 Å². The van der Waals surface area contributed by atoms with Crippen molar-refractivity contribution in [3.63, 3.8) is 0 Å². The van der Waals surface area contributed by atoms with E-state index in [2.05, 4.69) is 5.32 Å².